The van der Waals surface area contributed by atoms with Crippen LogP contribution in [-0.4, -0.2) is 15.6 Å². The summed E-state index contributed by atoms with van der Waals surface area (Å²) >= 11 is 0. The maximum atomic E-state index is 4.67. The Morgan fingerprint density at radius 3 is 2.38 bits per heavy atom. The first kappa shape index (κ1) is 17.1. The Labute approximate surface area is 156 Å². The number of nitrogens with one attached hydrogen (secondary N) is 1. The van der Waals surface area contributed by atoms with Crippen molar-refractivity contribution < 1.29 is 0 Å². The van der Waals surface area contributed by atoms with Crippen LogP contribution < -0.4 is 5.32 Å². The smallest absolute Gasteiger partial charge is 0.146 e. The molecule has 0 radical (unpaired) electrons. The number of pyridine rings is 1. The number of anilines is 1. The molecule has 0 aliphatic heterocycles. The summed E-state index contributed by atoms with van der Waals surface area (Å²) in [6, 6.07) is 13.8. The van der Waals surface area contributed by atoms with E-state index in [9.17, 15) is 0 Å². The van der Waals surface area contributed by atoms with Crippen LogP contribution in [0.1, 0.15) is 58.4 Å². The summed E-state index contributed by atoms with van der Waals surface area (Å²) in [5, 5.41) is 4.97. The lowest BCUT2D eigenvalue weighted by Gasteiger charge is -2.24. The van der Waals surface area contributed by atoms with Crippen molar-refractivity contribution in [3.05, 3.63) is 54.4 Å². The Bertz CT molecular complexity index is 878. The van der Waals surface area contributed by atoms with Crippen LogP contribution in [0.15, 0.2) is 48.8 Å². The van der Waals surface area contributed by atoms with Gasteiger partial charge in [0, 0.05) is 35.2 Å². The van der Waals surface area contributed by atoms with Crippen LogP contribution in [0.5, 0.6) is 0 Å². The third-order valence-corrected chi connectivity index (χ3v) is 5.56. The summed E-state index contributed by atoms with van der Waals surface area (Å²) in [5.41, 5.74) is 4.93. The Balaban J connectivity index is 1.66. The van der Waals surface area contributed by atoms with Crippen molar-refractivity contribution in [2.45, 2.75) is 64.3 Å². The molecule has 1 aromatic carbocycles. The first-order valence-electron chi connectivity index (χ1n) is 9.86. The van der Waals surface area contributed by atoms with Crippen LogP contribution in [-0.2, 0) is 5.41 Å². The molecule has 0 atom stereocenters. The quantitative estimate of drug-likeness (QED) is 0.623. The maximum Gasteiger partial charge on any atom is 0.146 e. The standard InChI is InChI=1S/C23H29N3/c1-23(2,3)17-9-11-19(12-10-17)26-16-14-20-21(13-15-24-22(20)26)25-18-7-5-4-6-8-18/h9-16,18H,4-8H2,1-3H3,(H,24,25). The zero-order valence-corrected chi connectivity index (χ0v) is 16.1. The van der Waals surface area contributed by atoms with Crippen molar-refractivity contribution in [2.75, 3.05) is 5.32 Å². The number of rotatable bonds is 3. The molecule has 0 bridgehead atoms. The molecule has 1 aliphatic carbocycles. The highest BCUT2D eigenvalue weighted by Crippen LogP contribution is 2.29. The van der Waals surface area contributed by atoms with Gasteiger partial charge in [0.2, 0.25) is 0 Å². The van der Waals surface area contributed by atoms with Crippen molar-refractivity contribution in [2.24, 2.45) is 0 Å². The van der Waals surface area contributed by atoms with E-state index in [-0.39, 0.29) is 5.41 Å². The molecule has 0 spiro atoms. The highest BCUT2D eigenvalue weighted by molar-refractivity contribution is 5.90. The van der Waals surface area contributed by atoms with Crippen LogP contribution in [0, 0.1) is 0 Å². The lowest BCUT2D eigenvalue weighted by atomic mass is 9.87. The molecule has 2 heterocycles. The molecule has 3 heteroatoms. The average molecular weight is 348 g/mol. The van der Waals surface area contributed by atoms with E-state index in [2.05, 4.69) is 78.2 Å². The SMILES string of the molecule is CC(C)(C)c1ccc(-n2ccc3c(NC4CCCCC4)ccnc32)cc1. The monoisotopic (exact) mass is 347 g/mol. The molecular formula is C23H29N3. The third kappa shape index (κ3) is 3.35. The summed E-state index contributed by atoms with van der Waals surface area (Å²) in [6.07, 6.45) is 10.7. The Morgan fingerprint density at radius 2 is 1.69 bits per heavy atom. The third-order valence-electron chi connectivity index (χ3n) is 5.56. The molecule has 1 N–H and O–H groups in total. The van der Waals surface area contributed by atoms with E-state index in [1.807, 2.05) is 6.20 Å². The minimum atomic E-state index is 0.173. The van der Waals surface area contributed by atoms with Gasteiger partial charge in [0.15, 0.2) is 0 Å². The normalized spacial score (nSPS) is 16.1. The second-order valence-electron chi connectivity index (χ2n) is 8.56. The van der Waals surface area contributed by atoms with Crippen LogP contribution >= 0.6 is 0 Å². The van der Waals surface area contributed by atoms with E-state index < -0.39 is 0 Å². The van der Waals surface area contributed by atoms with Gasteiger partial charge < -0.3 is 9.88 Å². The van der Waals surface area contributed by atoms with E-state index in [0.29, 0.717) is 6.04 Å². The van der Waals surface area contributed by atoms with Crippen LogP contribution in [0.4, 0.5) is 5.69 Å². The van der Waals surface area contributed by atoms with Gasteiger partial charge in [-0.05, 0) is 48.1 Å². The fraction of sp³-hybridized carbons (Fsp3) is 0.435. The summed E-state index contributed by atoms with van der Waals surface area (Å²) in [7, 11) is 0. The number of fused-ring (bicyclic) bond motifs is 1. The molecular weight excluding hydrogens is 318 g/mol. The van der Waals surface area contributed by atoms with Gasteiger partial charge in [0.1, 0.15) is 5.65 Å². The number of aromatic nitrogens is 2. The van der Waals surface area contributed by atoms with Crippen molar-refractivity contribution in [3.63, 3.8) is 0 Å². The second-order valence-corrected chi connectivity index (χ2v) is 8.56. The van der Waals surface area contributed by atoms with E-state index in [4.69, 9.17) is 0 Å². The largest absolute Gasteiger partial charge is 0.382 e. The molecule has 3 aromatic rings. The zero-order chi connectivity index (χ0) is 18.1. The van der Waals surface area contributed by atoms with Gasteiger partial charge in [-0.2, -0.15) is 0 Å². The van der Waals surface area contributed by atoms with E-state index in [1.54, 1.807) is 0 Å². The summed E-state index contributed by atoms with van der Waals surface area (Å²) in [5.74, 6) is 0. The molecule has 1 saturated carbocycles. The Kier molecular flexibility index (Phi) is 4.47. The number of nitrogens with zero attached hydrogens (tertiary/aromatic N) is 2. The maximum absolute atomic E-state index is 4.67. The van der Waals surface area contributed by atoms with E-state index >= 15 is 0 Å². The molecule has 4 rings (SSSR count). The highest BCUT2D eigenvalue weighted by Gasteiger charge is 2.16. The van der Waals surface area contributed by atoms with Gasteiger partial charge in [0.05, 0.1) is 0 Å². The van der Waals surface area contributed by atoms with E-state index in [1.165, 1.54) is 48.7 Å². The molecule has 3 nitrogen and oxygen atoms in total. The summed E-state index contributed by atoms with van der Waals surface area (Å²) < 4.78 is 2.19. The number of hydrogen-bond donors (Lipinski definition) is 1. The average Bonchev–Trinajstić information content (AvgIpc) is 3.07. The molecule has 0 saturated heterocycles. The first-order chi connectivity index (χ1) is 12.5. The van der Waals surface area contributed by atoms with Gasteiger partial charge >= 0.3 is 0 Å². The van der Waals surface area contributed by atoms with Gasteiger partial charge in [0.25, 0.3) is 0 Å². The van der Waals surface area contributed by atoms with Crippen LogP contribution in [0.3, 0.4) is 0 Å². The molecule has 1 aliphatic rings. The van der Waals surface area contributed by atoms with Crippen molar-refractivity contribution >= 4 is 16.7 Å². The molecule has 26 heavy (non-hydrogen) atoms. The Hall–Kier alpha value is -2.29. The van der Waals surface area contributed by atoms with Gasteiger partial charge in [-0.1, -0.05) is 52.2 Å². The van der Waals surface area contributed by atoms with Gasteiger partial charge in [-0.25, -0.2) is 4.98 Å². The minimum absolute atomic E-state index is 0.173. The first-order valence-corrected chi connectivity index (χ1v) is 9.86. The number of benzene rings is 1. The zero-order valence-electron chi connectivity index (χ0n) is 16.1. The predicted molar refractivity (Wildman–Crippen MR) is 110 cm³/mol. The second kappa shape index (κ2) is 6.79. The summed E-state index contributed by atoms with van der Waals surface area (Å²) in [4.78, 5) is 4.67. The lowest BCUT2D eigenvalue weighted by Crippen LogP contribution is -2.22. The van der Waals surface area contributed by atoms with Gasteiger partial charge in [-0.15, -0.1) is 0 Å². The van der Waals surface area contributed by atoms with Crippen LogP contribution in [0.2, 0.25) is 0 Å². The van der Waals surface area contributed by atoms with Gasteiger partial charge in [-0.3, -0.25) is 0 Å². The number of hydrogen-bond acceptors (Lipinski definition) is 2. The van der Waals surface area contributed by atoms with Crippen molar-refractivity contribution in [3.8, 4) is 5.69 Å². The topological polar surface area (TPSA) is 29.9 Å². The van der Waals surface area contributed by atoms with Crippen LogP contribution in [0.25, 0.3) is 16.7 Å². The molecule has 136 valence electrons. The summed E-state index contributed by atoms with van der Waals surface area (Å²) in [6.45, 7) is 6.74. The van der Waals surface area contributed by atoms with Crippen molar-refractivity contribution in [1.29, 1.82) is 0 Å². The molecule has 2 aromatic heterocycles. The fourth-order valence-electron chi connectivity index (χ4n) is 3.96. The lowest BCUT2D eigenvalue weighted by molar-refractivity contribution is 0.463. The van der Waals surface area contributed by atoms with E-state index in [0.717, 1.165) is 11.3 Å². The highest BCUT2D eigenvalue weighted by atomic mass is 15.0. The molecule has 0 amide bonds. The Morgan fingerprint density at radius 1 is 0.962 bits per heavy atom. The fourth-order valence-corrected chi connectivity index (χ4v) is 3.96. The molecule has 1 fully saturated rings. The van der Waals surface area contributed by atoms with Crippen molar-refractivity contribution in [1.82, 2.24) is 9.55 Å². The molecule has 0 unspecified atom stereocenters. The predicted octanol–water partition coefficient (Wildman–Crippen LogP) is 6.07. The minimum Gasteiger partial charge on any atom is -0.382 e.